The second-order valence-electron chi connectivity index (χ2n) is 6.47. The average Bonchev–Trinajstić information content (AvgIpc) is 2.75. The first-order chi connectivity index (χ1) is 9.57. The third kappa shape index (κ3) is 3.67. The van der Waals surface area contributed by atoms with Crippen molar-refractivity contribution in [3.8, 4) is 0 Å². The lowest BCUT2D eigenvalue weighted by molar-refractivity contribution is -0.168. The molecule has 0 saturated heterocycles. The maximum absolute atomic E-state index is 12.2. The van der Waals surface area contributed by atoms with Gasteiger partial charge in [0.15, 0.2) is 5.41 Å². The van der Waals surface area contributed by atoms with Gasteiger partial charge >= 0.3 is 11.9 Å². The number of carbonyl (C=O) groups is 2. The molecule has 0 heterocycles. The normalized spacial score (nSPS) is 22.1. The minimum absolute atomic E-state index is 0.0881. The van der Waals surface area contributed by atoms with Gasteiger partial charge in [0, 0.05) is 11.5 Å². The van der Waals surface area contributed by atoms with E-state index in [1.54, 1.807) is 6.92 Å². The molecule has 1 aliphatic carbocycles. The van der Waals surface area contributed by atoms with Crippen LogP contribution in [0, 0.1) is 10.8 Å². The number of halogens is 1. The zero-order valence-corrected chi connectivity index (χ0v) is 14.3. The number of hydrogen-bond acceptors (Lipinski definition) is 4. The Kier molecular flexibility index (Phi) is 5.26. The molecule has 118 valence electrons. The van der Waals surface area contributed by atoms with Crippen molar-refractivity contribution in [2.75, 3.05) is 14.2 Å². The summed E-state index contributed by atoms with van der Waals surface area (Å²) >= 11 is 6.17. The molecule has 21 heavy (non-hydrogen) atoms. The fraction of sp³-hybridized carbons (Fsp3) is 0.625. The predicted molar refractivity (Wildman–Crippen MR) is 81.8 cm³/mol. The lowest BCUT2D eigenvalue weighted by Crippen LogP contribution is -2.38. The van der Waals surface area contributed by atoms with Crippen molar-refractivity contribution in [3.63, 3.8) is 0 Å². The highest BCUT2D eigenvalue weighted by molar-refractivity contribution is 6.30. The van der Waals surface area contributed by atoms with Gasteiger partial charge in [-0.25, -0.2) is 0 Å². The molecule has 0 aliphatic heterocycles. The van der Waals surface area contributed by atoms with Crippen LogP contribution in [-0.2, 0) is 19.1 Å². The molecule has 0 aromatic heterocycles. The fourth-order valence-corrected chi connectivity index (χ4v) is 2.86. The van der Waals surface area contributed by atoms with Crippen LogP contribution in [0.4, 0.5) is 0 Å². The number of esters is 2. The summed E-state index contributed by atoms with van der Waals surface area (Å²) in [6, 6.07) is 0. The summed E-state index contributed by atoms with van der Waals surface area (Å²) in [7, 11) is 2.55. The van der Waals surface area contributed by atoms with Gasteiger partial charge in [-0.3, -0.25) is 9.59 Å². The Balaban J connectivity index is 3.42. The smallest absolute Gasteiger partial charge is 0.323 e. The van der Waals surface area contributed by atoms with E-state index in [-0.39, 0.29) is 18.3 Å². The van der Waals surface area contributed by atoms with Gasteiger partial charge in [0.1, 0.15) is 0 Å². The number of allylic oxidation sites excluding steroid dienone is 4. The van der Waals surface area contributed by atoms with Gasteiger partial charge in [-0.05, 0) is 29.9 Å². The Labute approximate surface area is 131 Å². The van der Waals surface area contributed by atoms with Crippen molar-refractivity contribution < 1.29 is 19.1 Å². The molecule has 0 N–H and O–H groups in total. The van der Waals surface area contributed by atoms with Gasteiger partial charge < -0.3 is 9.47 Å². The molecular weight excluding hydrogens is 292 g/mol. The Hall–Kier alpha value is -1.29. The van der Waals surface area contributed by atoms with Gasteiger partial charge in [0.2, 0.25) is 0 Å². The summed E-state index contributed by atoms with van der Waals surface area (Å²) in [5.74, 6) is -1.16. The highest BCUT2D eigenvalue weighted by atomic mass is 35.5. The van der Waals surface area contributed by atoms with Gasteiger partial charge in [-0.2, -0.15) is 0 Å². The van der Waals surface area contributed by atoms with Crippen LogP contribution in [0.2, 0.25) is 0 Å². The van der Waals surface area contributed by atoms with Gasteiger partial charge in [-0.1, -0.05) is 38.4 Å². The van der Waals surface area contributed by atoms with Crippen LogP contribution in [0.3, 0.4) is 0 Å². The molecule has 0 bridgehead atoms. The first-order valence-corrected chi connectivity index (χ1v) is 7.19. The molecule has 0 aromatic rings. The quantitative estimate of drug-likeness (QED) is 0.577. The number of hydrogen-bond donors (Lipinski definition) is 0. The Morgan fingerprint density at radius 3 is 1.95 bits per heavy atom. The van der Waals surface area contributed by atoms with E-state index in [0.29, 0.717) is 5.03 Å². The maximum atomic E-state index is 12.2. The zero-order valence-electron chi connectivity index (χ0n) is 13.5. The zero-order chi connectivity index (χ0) is 16.4. The van der Waals surface area contributed by atoms with Gasteiger partial charge in [0.25, 0.3) is 0 Å². The van der Waals surface area contributed by atoms with E-state index >= 15 is 0 Å². The molecule has 0 unspecified atom stereocenters. The van der Waals surface area contributed by atoms with E-state index in [9.17, 15) is 9.59 Å². The first-order valence-electron chi connectivity index (χ1n) is 6.81. The van der Waals surface area contributed by atoms with E-state index in [2.05, 4.69) is 20.8 Å². The van der Waals surface area contributed by atoms with E-state index < -0.39 is 17.4 Å². The third-order valence-corrected chi connectivity index (χ3v) is 3.76. The minimum atomic E-state index is -1.33. The van der Waals surface area contributed by atoms with Crippen molar-refractivity contribution in [2.24, 2.45) is 10.8 Å². The second-order valence-corrected chi connectivity index (χ2v) is 7.03. The van der Waals surface area contributed by atoms with Crippen LogP contribution in [-0.4, -0.2) is 26.2 Å². The van der Waals surface area contributed by atoms with Crippen molar-refractivity contribution >= 4 is 23.5 Å². The van der Waals surface area contributed by atoms with E-state index in [0.717, 1.165) is 11.1 Å². The number of methoxy groups -OCH3 is 2. The first kappa shape index (κ1) is 17.8. The molecule has 0 spiro atoms. The monoisotopic (exact) mass is 314 g/mol. The predicted octanol–water partition coefficient (Wildman–Crippen LogP) is 3.60. The lowest BCUT2D eigenvalue weighted by atomic mass is 9.85. The van der Waals surface area contributed by atoms with E-state index in [4.69, 9.17) is 21.1 Å². The largest absolute Gasteiger partial charge is 0.468 e. The maximum Gasteiger partial charge on any atom is 0.323 e. The number of rotatable bonds is 2. The minimum Gasteiger partial charge on any atom is -0.468 e. The van der Waals surface area contributed by atoms with Crippen LogP contribution in [0.1, 0.15) is 40.5 Å². The highest BCUT2D eigenvalue weighted by Gasteiger charge is 2.54. The SMILES string of the molecule is COC(=O)C1(C(=O)OC)CC(=C(\C)Cl)/C(=C/C(C)(C)C)C1. The summed E-state index contributed by atoms with van der Waals surface area (Å²) in [4.78, 5) is 24.4. The van der Waals surface area contributed by atoms with Crippen LogP contribution >= 0.6 is 11.6 Å². The van der Waals surface area contributed by atoms with Gasteiger partial charge in [-0.15, -0.1) is 0 Å². The summed E-state index contributed by atoms with van der Waals surface area (Å²) in [6.45, 7) is 7.92. The molecule has 0 radical (unpaired) electrons. The van der Waals surface area contributed by atoms with E-state index in [1.807, 2.05) is 6.08 Å². The van der Waals surface area contributed by atoms with Crippen LogP contribution in [0.25, 0.3) is 0 Å². The molecule has 1 rings (SSSR count). The molecule has 4 nitrogen and oxygen atoms in total. The topological polar surface area (TPSA) is 52.6 Å². The standard InChI is InChI=1S/C16H23ClO4/c1-10(17)12-9-16(13(18)20-5,14(19)21-6)8-11(12)7-15(2,3)4/h7H,8-9H2,1-6H3/b11-7+,12-10-. The molecule has 1 saturated carbocycles. The molecule has 1 fully saturated rings. The summed E-state index contributed by atoms with van der Waals surface area (Å²) in [6.07, 6.45) is 2.51. The Morgan fingerprint density at radius 1 is 1.14 bits per heavy atom. The molecule has 0 aromatic carbocycles. The number of ether oxygens (including phenoxy) is 2. The summed E-state index contributed by atoms with van der Waals surface area (Å²) in [5.41, 5.74) is 0.314. The van der Waals surface area contributed by atoms with Crippen molar-refractivity contribution in [2.45, 2.75) is 40.5 Å². The lowest BCUT2D eigenvalue weighted by Gasteiger charge is -2.22. The molecule has 0 amide bonds. The van der Waals surface area contributed by atoms with Crippen LogP contribution < -0.4 is 0 Å². The fourth-order valence-electron chi connectivity index (χ4n) is 2.68. The molecule has 1 aliphatic rings. The van der Waals surface area contributed by atoms with Crippen LogP contribution in [0.15, 0.2) is 22.3 Å². The second kappa shape index (κ2) is 6.22. The van der Waals surface area contributed by atoms with Crippen LogP contribution in [0.5, 0.6) is 0 Å². The highest BCUT2D eigenvalue weighted by Crippen LogP contribution is 2.49. The Morgan fingerprint density at radius 2 is 1.62 bits per heavy atom. The molecule has 0 atom stereocenters. The third-order valence-electron chi connectivity index (χ3n) is 3.53. The number of carbonyl (C=O) groups excluding carboxylic acids is 2. The van der Waals surface area contributed by atoms with Crippen molar-refractivity contribution in [1.29, 1.82) is 0 Å². The summed E-state index contributed by atoms with van der Waals surface area (Å²) in [5, 5.41) is 0.584. The average molecular weight is 315 g/mol. The van der Waals surface area contributed by atoms with Gasteiger partial charge in [0.05, 0.1) is 14.2 Å². The molecule has 5 heteroatoms. The van der Waals surface area contributed by atoms with E-state index in [1.165, 1.54) is 14.2 Å². The summed E-state index contributed by atoms with van der Waals surface area (Å²) < 4.78 is 9.67. The molecular formula is C16H23ClO4. The Bertz CT molecular complexity index is 489. The van der Waals surface area contributed by atoms with Crippen molar-refractivity contribution in [3.05, 3.63) is 22.3 Å². The van der Waals surface area contributed by atoms with Crippen molar-refractivity contribution in [1.82, 2.24) is 0 Å².